The summed E-state index contributed by atoms with van der Waals surface area (Å²) in [6.45, 7) is 1.37. The summed E-state index contributed by atoms with van der Waals surface area (Å²) >= 11 is 2.34. The van der Waals surface area contributed by atoms with E-state index in [0.29, 0.717) is 33.5 Å². The van der Waals surface area contributed by atoms with Crippen molar-refractivity contribution < 1.29 is 27.5 Å². The Kier molecular flexibility index (Phi) is 10.3. The Bertz CT molecular complexity index is 1060. The van der Waals surface area contributed by atoms with Crippen LogP contribution in [0.5, 0.6) is 0 Å². The van der Waals surface area contributed by atoms with E-state index in [9.17, 15) is 18.0 Å². The molecule has 4 rings (SSSR count). The van der Waals surface area contributed by atoms with E-state index in [1.165, 1.54) is 22.7 Å². The van der Waals surface area contributed by atoms with E-state index in [0.717, 1.165) is 38.5 Å². The number of ether oxygens (including phenoxy) is 2. The van der Waals surface area contributed by atoms with Gasteiger partial charge < -0.3 is 20.1 Å². The maximum absolute atomic E-state index is 12.5. The van der Waals surface area contributed by atoms with E-state index in [4.69, 9.17) is 9.47 Å². The summed E-state index contributed by atoms with van der Waals surface area (Å²) in [7, 11) is -3.37. The zero-order chi connectivity index (χ0) is 26.1. The first-order chi connectivity index (χ1) is 17.8. The van der Waals surface area contributed by atoms with Gasteiger partial charge in [0.15, 0.2) is 9.84 Å². The minimum absolute atomic E-state index is 0.0668. The summed E-state index contributed by atoms with van der Waals surface area (Å²) in [5, 5.41) is 23.1. The van der Waals surface area contributed by atoms with E-state index in [-0.39, 0.29) is 61.2 Å². The Balaban J connectivity index is 1.16. The smallest absolute Gasteiger partial charge is 0.228 e. The SMILES string of the molecule is O=C(CC1CCCCO1)Nc1nnc(CCS(=O)(=O)CCc2nnc(NC(=O)CC3CCCCO3)s2)s1. The fourth-order valence-corrected chi connectivity index (χ4v) is 7.07. The van der Waals surface area contributed by atoms with Gasteiger partial charge in [0.25, 0.3) is 0 Å². The molecule has 2 fully saturated rings. The van der Waals surface area contributed by atoms with Gasteiger partial charge in [-0.1, -0.05) is 22.7 Å². The third-order valence-electron chi connectivity index (χ3n) is 6.05. The molecule has 204 valence electrons. The van der Waals surface area contributed by atoms with Crippen LogP contribution in [-0.2, 0) is 41.7 Å². The number of sulfone groups is 1. The number of amides is 2. The monoisotopic (exact) mass is 572 g/mol. The molecule has 0 spiro atoms. The Morgan fingerprint density at radius 2 is 1.22 bits per heavy atom. The number of carbonyl (C=O) groups excluding carboxylic acids is 2. The highest BCUT2D eigenvalue weighted by Crippen LogP contribution is 2.21. The van der Waals surface area contributed by atoms with Crippen LogP contribution in [0, 0.1) is 0 Å². The number of aromatic nitrogens is 4. The van der Waals surface area contributed by atoms with Gasteiger partial charge in [0.1, 0.15) is 10.0 Å². The second-order valence-corrected chi connectivity index (χ2v) is 13.6. The van der Waals surface area contributed by atoms with Gasteiger partial charge in [-0.2, -0.15) is 0 Å². The summed E-state index contributed by atoms with van der Waals surface area (Å²) < 4.78 is 36.2. The van der Waals surface area contributed by atoms with Gasteiger partial charge in [-0.15, -0.1) is 20.4 Å². The average Bonchev–Trinajstić information content (AvgIpc) is 3.52. The minimum Gasteiger partial charge on any atom is -0.378 e. The third-order valence-corrected chi connectivity index (χ3v) is 9.50. The molecule has 0 saturated carbocycles. The van der Waals surface area contributed by atoms with Gasteiger partial charge in [0.05, 0.1) is 36.6 Å². The van der Waals surface area contributed by atoms with Crippen molar-refractivity contribution in [3.05, 3.63) is 10.0 Å². The van der Waals surface area contributed by atoms with Crippen LogP contribution in [0.1, 0.15) is 61.4 Å². The molecule has 2 N–H and O–H groups in total. The molecular weight excluding hydrogens is 540 g/mol. The number of rotatable bonds is 12. The number of hydrogen-bond donors (Lipinski definition) is 2. The number of carbonyl (C=O) groups is 2. The molecule has 2 aliphatic rings. The molecular formula is C22H32N6O6S3. The van der Waals surface area contributed by atoms with Crippen LogP contribution in [0.25, 0.3) is 0 Å². The van der Waals surface area contributed by atoms with Gasteiger partial charge in [-0.3, -0.25) is 9.59 Å². The van der Waals surface area contributed by atoms with E-state index >= 15 is 0 Å². The first kappa shape index (κ1) is 28.0. The van der Waals surface area contributed by atoms with Crippen LogP contribution >= 0.6 is 22.7 Å². The summed E-state index contributed by atoms with van der Waals surface area (Å²) in [6.07, 6.45) is 6.74. The van der Waals surface area contributed by atoms with Crippen molar-refractivity contribution in [1.82, 2.24) is 20.4 Å². The number of aryl methyl sites for hydroxylation is 2. The van der Waals surface area contributed by atoms with Crippen LogP contribution in [-0.4, -0.2) is 77.6 Å². The zero-order valence-electron chi connectivity index (χ0n) is 20.5. The molecule has 2 atom stereocenters. The molecule has 0 bridgehead atoms. The molecule has 12 nitrogen and oxygen atoms in total. The van der Waals surface area contributed by atoms with Crippen molar-refractivity contribution in [2.75, 3.05) is 35.4 Å². The van der Waals surface area contributed by atoms with Gasteiger partial charge in [0.2, 0.25) is 22.1 Å². The van der Waals surface area contributed by atoms with Gasteiger partial charge in [0, 0.05) is 26.1 Å². The summed E-state index contributed by atoms with van der Waals surface area (Å²) in [4.78, 5) is 24.4. The lowest BCUT2D eigenvalue weighted by Gasteiger charge is -2.21. The fourth-order valence-electron chi connectivity index (χ4n) is 4.09. The molecule has 0 aliphatic carbocycles. The first-order valence-corrected chi connectivity index (χ1v) is 16.0. The number of anilines is 2. The van der Waals surface area contributed by atoms with E-state index in [1.54, 1.807) is 0 Å². The second-order valence-electron chi connectivity index (χ2n) is 9.14. The number of nitrogens with one attached hydrogen (secondary N) is 2. The maximum atomic E-state index is 12.5. The Morgan fingerprint density at radius 1 is 0.757 bits per heavy atom. The highest BCUT2D eigenvalue weighted by atomic mass is 32.2. The molecule has 15 heteroatoms. The highest BCUT2D eigenvalue weighted by Gasteiger charge is 2.21. The zero-order valence-corrected chi connectivity index (χ0v) is 23.0. The Morgan fingerprint density at radius 3 is 1.62 bits per heavy atom. The molecule has 0 radical (unpaired) electrons. The summed E-state index contributed by atoms with van der Waals surface area (Å²) in [5.74, 6) is -0.542. The van der Waals surface area contributed by atoms with E-state index < -0.39 is 9.84 Å². The van der Waals surface area contributed by atoms with E-state index in [1.807, 2.05) is 0 Å². The standard InChI is InChI=1S/C22H32N6O6S3/c29-17(13-15-5-1-3-9-33-15)23-21-27-25-19(35-21)7-11-37(31,32)12-8-20-26-28-22(36-20)24-18(30)14-16-6-2-4-10-34-16/h15-16H,1-14H2,(H,23,27,29)(H,24,28,30). The second kappa shape index (κ2) is 13.6. The molecule has 2 aliphatic heterocycles. The van der Waals surface area contributed by atoms with Gasteiger partial charge in [-0.25, -0.2) is 8.42 Å². The largest absolute Gasteiger partial charge is 0.378 e. The third kappa shape index (κ3) is 9.63. The van der Waals surface area contributed by atoms with E-state index in [2.05, 4.69) is 31.0 Å². The van der Waals surface area contributed by atoms with Crippen LogP contribution in [0.3, 0.4) is 0 Å². The normalized spacial score (nSPS) is 20.4. The highest BCUT2D eigenvalue weighted by molar-refractivity contribution is 7.91. The number of nitrogens with zero attached hydrogens (tertiary/aromatic N) is 4. The molecule has 0 aromatic carbocycles. The lowest BCUT2D eigenvalue weighted by atomic mass is 10.1. The summed E-state index contributed by atoms with van der Waals surface area (Å²) in [5.41, 5.74) is 0. The quantitative estimate of drug-likeness (QED) is 0.386. The fraction of sp³-hybridized carbons (Fsp3) is 0.727. The summed E-state index contributed by atoms with van der Waals surface area (Å²) in [6, 6.07) is 0. The Hall–Kier alpha value is -2.07. The lowest BCUT2D eigenvalue weighted by Crippen LogP contribution is -2.25. The molecule has 4 heterocycles. The van der Waals surface area contributed by atoms with Gasteiger partial charge >= 0.3 is 0 Å². The Labute approximate surface area is 223 Å². The predicted molar refractivity (Wildman–Crippen MR) is 140 cm³/mol. The van der Waals surface area contributed by atoms with Crippen molar-refractivity contribution in [2.45, 2.75) is 76.4 Å². The van der Waals surface area contributed by atoms with Crippen molar-refractivity contribution in [3.63, 3.8) is 0 Å². The molecule has 2 saturated heterocycles. The predicted octanol–water partition coefficient (Wildman–Crippen LogP) is 2.38. The van der Waals surface area contributed by atoms with Gasteiger partial charge in [-0.05, 0) is 38.5 Å². The molecule has 2 unspecified atom stereocenters. The first-order valence-electron chi connectivity index (χ1n) is 12.5. The molecule has 37 heavy (non-hydrogen) atoms. The maximum Gasteiger partial charge on any atom is 0.228 e. The van der Waals surface area contributed by atoms with Crippen molar-refractivity contribution in [3.8, 4) is 0 Å². The topological polar surface area (TPSA) is 162 Å². The average molecular weight is 573 g/mol. The van der Waals surface area contributed by atoms with Crippen molar-refractivity contribution in [1.29, 1.82) is 0 Å². The molecule has 2 aromatic rings. The van der Waals surface area contributed by atoms with Crippen LogP contribution in [0.4, 0.5) is 10.3 Å². The van der Waals surface area contributed by atoms with Crippen molar-refractivity contribution >= 4 is 54.6 Å². The lowest BCUT2D eigenvalue weighted by molar-refractivity contribution is -0.120. The molecule has 2 aromatic heterocycles. The minimum atomic E-state index is -3.37. The van der Waals surface area contributed by atoms with Crippen LogP contribution in [0.15, 0.2) is 0 Å². The van der Waals surface area contributed by atoms with Crippen LogP contribution in [0.2, 0.25) is 0 Å². The molecule has 2 amide bonds. The van der Waals surface area contributed by atoms with Crippen LogP contribution < -0.4 is 10.6 Å². The number of hydrogen-bond acceptors (Lipinski definition) is 12. The van der Waals surface area contributed by atoms with Crippen molar-refractivity contribution in [2.24, 2.45) is 0 Å².